The quantitative estimate of drug-likeness (QED) is 0.221. The lowest BCUT2D eigenvalue weighted by molar-refractivity contribution is -0.123. The number of nitrogens with one attached hydrogen (secondary N) is 2. The van der Waals surface area contributed by atoms with E-state index in [9.17, 15) is 4.79 Å². The van der Waals surface area contributed by atoms with Crippen LogP contribution >= 0.6 is 24.0 Å². The van der Waals surface area contributed by atoms with Gasteiger partial charge < -0.3 is 21.3 Å². The first-order chi connectivity index (χ1) is 13.0. The monoisotopic (exact) mass is 501 g/mol. The van der Waals surface area contributed by atoms with E-state index in [1.54, 1.807) is 7.05 Å². The minimum atomic E-state index is -0.161. The molecule has 158 valence electrons. The highest BCUT2D eigenvalue weighted by Gasteiger charge is 2.23. The first-order valence-electron chi connectivity index (χ1n) is 10.0. The summed E-state index contributed by atoms with van der Waals surface area (Å²) in [6.07, 6.45) is 3.98. The van der Waals surface area contributed by atoms with E-state index in [0.29, 0.717) is 0 Å². The van der Waals surface area contributed by atoms with Crippen LogP contribution in [-0.2, 0) is 11.2 Å². The first kappa shape index (κ1) is 24.7. The summed E-state index contributed by atoms with van der Waals surface area (Å²) >= 11 is 0. The number of nitrogens with zero attached hydrogens (tertiary/aromatic N) is 2. The van der Waals surface area contributed by atoms with Gasteiger partial charge in [-0.25, -0.2) is 0 Å². The molecule has 28 heavy (non-hydrogen) atoms. The molecule has 1 aliphatic heterocycles. The molecular formula is C21H36IN5O. The number of rotatable bonds is 8. The molecule has 1 unspecified atom stereocenters. The Kier molecular flexibility index (Phi) is 11.4. The van der Waals surface area contributed by atoms with Crippen LogP contribution in [0.3, 0.4) is 0 Å². The fraction of sp³-hybridized carbons (Fsp3) is 0.619. The lowest BCUT2D eigenvalue weighted by Crippen LogP contribution is -2.43. The van der Waals surface area contributed by atoms with Crippen LogP contribution in [-0.4, -0.2) is 56.5 Å². The van der Waals surface area contributed by atoms with Gasteiger partial charge in [0, 0.05) is 26.7 Å². The number of benzene rings is 1. The van der Waals surface area contributed by atoms with Crippen molar-refractivity contribution < 1.29 is 4.79 Å². The maximum absolute atomic E-state index is 11.4. The third-order valence-corrected chi connectivity index (χ3v) is 5.06. The number of hydrogen-bond donors (Lipinski definition) is 3. The zero-order valence-electron chi connectivity index (χ0n) is 17.5. The van der Waals surface area contributed by atoms with Crippen LogP contribution in [0.15, 0.2) is 23.2 Å². The van der Waals surface area contributed by atoms with Crippen LogP contribution in [0.4, 0.5) is 0 Å². The lowest BCUT2D eigenvalue weighted by atomic mass is 9.97. The van der Waals surface area contributed by atoms with Crippen LogP contribution in [0, 0.1) is 19.8 Å². The second-order valence-electron chi connectivity index (χ2n) is 7.57. The average Bonchev–Trinajstić information content (AvgIpc) is 2.63. The van der Waals surface area contributed by atoms with Crippen molar-refractivity contribution in [3.05, 3.63) is 34.9 Å². The first-order valence-corrected chi connectivity index (χ1v) is 10.0. The van der Waals surface area contributed by atoms with Crippen molar-refractivity contribution in [3.63, 3.8) is 0 Å². The highest BCUT2D eigenvalue weighted by atomic mass is 127. The fourth-order valence-electron chi connectivity index (χ4n) is 3.76. The van der Waals surface area contributed by atoms with Gasteiger partial charge in [0.05, 0.1) is 5.92 Å². The van der Waals surface area contributed by atoms with Crippen molar-refractivity contribution in [1.82, 2.24) is 15.5 Å². The van der Waals surface area contributed by atoms with Gasteiger partial charge in [-0.1, -0.05) is 29.3 Å². The highest BCUT2D eigenvalue weighted by Crippen LogP contribution is 2.15. The van der Waals surface area contributed by atoms with Gasteiger partial charge in [-0.3, -0.25) is 9.79 Å². The van der Waals surface area contributed by atoms with Gasteiger partial charge >= 0.3 is 0 Å². The second kappa shape index (κ2) is 13.0. The normalized spacial score (nSPS) is 17.7. The number of amides is 1. The van der Waals surface area contributed by atoms with Gasteiger partial charge in [0.15, 0.2) is 5.96 Å². The number of aliphatic imine (C=N–C) groups is 1. The molecule has 1 aromatic carbocycles. The summed E-state index contributed by atoms with van der Waals surface area (Å²) in [6, 6.07) is 6.68. The molecule has 6 nitrogen and oxygen atoms in total. The number of carbonyl (C=O) groups excluding carboxylic acids is 1. The van der Waals surface area contributed by atoms with Gasteiger partial charge in [-0.2, -0.15) is 0 Å². The van der Waals surface area contributed by atoms with Crippen molar-refractivity contribution in [2.45, 2.75) is 39.5 Å². The number of hydrogen-bond acceptors (Lipinski definition) is 3. The zero-order valence-corrected chi connectivity index (χ0v) is 19.8. The summed E-state index contributed by atoms with van der Waals surface area (Å²) in [4.78, 5) is 18.0. The molecule has 7 heteroatoms. The Morgan fingerprint density at radius 2 is 1.89 bits per heavy atom. The molecule has 1 aliphatic rings. The van der Waals surface area contributed by atoms with Gasteiger partial charge in [0.2, 0.25) is 5.91 Å². The standard InChI is InChI=1S/C21H35N5O.HI/c1-16-12-17(2)14-18(13-16)7-9-25-21(23-3)24-8-5-11-26-10-4-6-19(15-26)20(22)27;/h12-14,19H,4-11,15H2,1-3H3,(H2,22,27)(H2,23,24,25);1H. The number of nitrogens with two attached hydrogens (primary N) is 1. The number of aryl methyl sites for hydroxylation is 2. The molecule has 2 rings (SSSR count). The van der Waals surface area contributed by atoms with Crippen LogP contribution < -0.4 is 16.4 Å². The Bertz CT molecular complexity index is 629. The molecule has 0 radical (unpaired) electrons. The molecule has 1 amide bonds. The van der Waals surface area contributed by atoms with E-state index in [0.717, 1.165) is 64.4 Å². The predicted octanol–water partition coefficient (Wildman–Crippen LogP) is 2.22. The van der Waals surface area contributed by atoms with Gasteiger partial charge in [0.1, 0.15) is 0 Å². The van der Waals surface area contributed by atoms with Gasteiger partial charge in [-0.15, -0.1) is 24.0 Å². The molecule has 1 fully saturated rings. The molecule has 1 aromatic rings. The SMILES string of the molecule is CN=C(NCCCN1CCCC(C(N)=O)C1)NCCc1cc(C)cc(C)c1.I. The third kappa shape index (κ3) is 8.77. The zero-order chi connectivity index (χ0) is 19.6. The molecule has 1 atom stereocenters. The molecule has 4 N–H and O–H groups in total. The van der Waals surface area contributed by atoms with E-state index in [1.165, 1.54) is 16.7 Å². The smallest absolute Gasteiger partial charge is 0.221 e. The summed E-state index contributed by atoms with van der Waals surface area (Å²) < 4.78 is 0. The average molecular weight is 501 g/mol. The molecule has 0 bridgehead atoms. The molecule has 0 spiro atoms. The summed E-state index contributed by atoms with van der Waals surface area (Å²) in [5, 5.41) is 6.75. The van der Waals surface area contributed by atoms with Gasteiger partial charge in [0.25, 0.3) is 0 Å². The highest BCUT2D eigenvalue weighted by molar-refractivity contribution is 14.0. The Morgan fingerprint density at radius 1 is 1.21 bits per heavy atom. The van der Waals surface area contributed by atoms with Crippen molar-refractivity contribution in [3.8, 4) is 0 Å². The van der Waals surface area contributed by atoms with Crippen LogP contribution in [0.1, 0.15) is 36.0 Å². The Labute approximate surface area is 186 Å². The topological polar surface area (TPSA) is 82.8 Å². The van der Waals surface area contributed by atoms with E-state index >= 15 is 0 Å². The minimum Gasteiger partial charge on any atom is -0.369 e. The third-order valence-electron chi connectivity index (χ3n) is 5.06. The lowest BCUT2D eigenvalue weighted by Gasteiger charge is -2.31. The van der Waals surface area contributed by atoms with Crippen molar-refractivity contribution in [2.24, 2.45) is 16.6 Å². The maximum Gasteiger partial charge on any atom is 0.221 e. The number of likely N-dealkylation sites (tertiary alicyclic amines) is 1. The number of halogens is 1. The van der Waals surface area contributed by atoms with Crippen LogP contribution in [0.5, 0.6) is 0 Å². The maximum atomic E-state index is 11.4. The number of guanidine groups is 1. The van der Waals surface area contributed by atoms with Gasteiger partial charge in [-0.05, 0) is 58.2 Å². The van der Waals surface area contributed by atoms with E-state index in [1.807, 2.05) is 0 Å². The summed E-state index contributed by atoms with van der Waals surface area (Å²) in [6.45, 7) is 8.84. The number of carbonyl (C=O) groups is 1. The second-order valence-corrected chi connectivity index (χ2v) is 7.57. The predicted molar refractivity (Wildman–Crippen MR) is 127 cm³/mol. The minimum absolute atomic E-state index is 0. The van der Waals surface area contributed by atoms with E-state index in [-0.39, 0.29) is 35.8 Å². The largest absolute Gasteiger partial charge is 0.369 e. The van der Waals surface area contributed by atoms with E-state index < -0.39 is 0 Å². The summed E-state index contributed by atoms with van der Waals surface area (Å²) in [5.41, 5.74) is 9.41. The number of primary amides is 1. The van der Waals surface area contributed by atoms with Crippen LogP contribution in [0.2, 0.25) is 0 Å². The van der Waals surface area contributed by atoms with Crippen molar-refractivity contribution in [2.75, 3.05) is 39.8 Å². The number of piperidine rings is 1. The fourth-order valence-corrected chi connectivity index (χ4v) is 3.76. The Hall–Kier alpha value is -1.35. The van der Waals surface area contributed by atoms with Crippen molar-refractivity contribution in [1.29, 1.82) is 0 Å². The molecule has 0 aliphatic carbocycles. The molecule has 0 aromatic heterocycles. The molecule has 1 heterocycles. The van der Waals surface area contributed by atoms with Crippen LogP contribution in [0.25, 0.3) is 0 Å². The Balaban J connectivity index is 0.00000392. The Morgan fingerprint density at radius 3 is 2.54 bits per heavy atom. The van der Waals surface area contributed by atoms with Crippen molar-refractivity contribution >= 4 is 35.8 Å². The van der Waals surface area contributed by atoms with E-state index in [4.69, 9.17) is 5.73 Å². The summed E-state index contributed by atoms with van der Waals surface area (Å²) in [7, 11) is 1.80. The molecular weight excluding hydrogens is 465 g/mol. The summed E-state index contributed by atoms with van der Waals surface area (Å²) in [5.74, 6) is 0.700. The molecule has 1 saturated heterocycles. The molecule has 0 saturated carbocycles. The van der Waals surface area contributed by atoms with E-state index in [2.05, 4.69) is 52.6 Å².